The number of imidazole rings is 1. The molecule has 30 heavy (non-hydrogen) atoms. The number of piperidine rings is 1. The molecule has 0 unspecified atom stereocenters. The predicted octanol–water partition coefficient (Wildman–Crippen LogP) is 4.07. The number of aryl methyl sites for hydroxylation is 1. The van der Waals surface area contributed by atoms with Crippen molar-refractivity contribution in [3.8, 4) is 11.5 Å². The maximum Gasteiger partial charge on any atom is 0.156 e. The van der Waals surface area contributed by atoms with E-state index in [0.29, 0.717) is 12.0 Å². The lowest BCUT2D eigenvalue weighted by atomic mass is 10.0. The van der Waals surface area contributed by atoms with E-state index < -0.39 is 0 Å². The summed E-state index contributed by atoms with van der Waals surface area (Å²) in [5, 5.41) is 7.22. The first-order chi connectivity index (χ1) is 14.8. The van der Waals surface area contributed by atoms with E-state index in [0.717, 1.165) is 42.2 Å². The minimum Gasteiger partial charge on any atom is -0.369 e. The van der Waals surface area contributed by atoms with Crippen molar-refractivity contribution in [2.24, 2.45) is 0 Å². The molecule has 0 radical (unpaired) electrons. The molecule has 0 spiro atoms. The Morgan fingerprint density at radius 3 is 2.57 bits per heavy atom. The first-order valence-corrected chi connectivity index (χ1v) is 12.0. The van der Waals surface area contributed by atoms with Crippen LogP contribution in [-0.2, 0) is 0 Å². The van der Waals surface area contributed by atoms with Crippen LogP contribution in [0.1, 0.15) is 68.7 Å². The van der Waals surface area contributed by atoms with Crippen molar-refractivity contribution in [1.29, 1.82) is 0 Å². The maximum atomic E-state index is 4.78. The highest BCUT2D eigenvalue weighted by molar-refractivity contribution is 5.54. The molecular weight excluding hydrogens is 372 g/mol. The Morgan fingerprint density at radius 1 is 1.00 bits per heavy atom. The van der Waals surface area contributed by atoms with Gasteiger partial charge in [-0.25, -0.2) is 9.97 Å². The van der Waals surface area contributed by atoms with Crippen molar-refractivity contribution in [3.63, 3.8) is 0 Å². The third kappa shape index (κ3) is 4.70. The molecule has 1 saturated heterocycles. The Bertz CT molecular complexity index is 828. The fraction of sp³-hybridized carbons (Fsp3) is 0.667. The van der Waals surface area contributed by atoms with Crippen LogP contribution < -0.4 is 10.6 Å². The minimum atomic E-state index is 0.663. The van der Waals surface area contributed by atoms with Gasteiger partial charge in [0.1, 0.15) is 11.5 Å². The third-order valence-corrected chi connectivity index (χ3v) is 7.13. The van der Waals surface area contributed by atoms with Crippen LogP contribution in [0.15, 0.2) is 18.2 Å². The van der Waals surface area contributed by atoms with Gasteiger partial charge >= 0.3 is 0 Å². The average Bonchev–Trinajstić information content (AvgIpc) is 3.31. The molecular formula is C24H36N6. The lowest BCUT2D eigenvalue weighted by molar-refractivity contribution is 0.145. The molecule has 2 aromatic heterocycles. The first-order valence-electron chi connectivity index (χ1n) is 12.0. The highest BCUT2D eigenvalue weighted by atomic mass is 15.2. The van der Waals surface area contributed by atoms with Gasteiger partial charge in [0.05, 0.1) is 5.69 Å². The number of aromatic nitrogens is 3. The second kappa shape index (κ2) is 9.06. The summed E-state index contributed by atoms with van der Waals surface area (Å²) in [5.41, 5.74) is 3.34. The molecule has 6 heteroatoms. The largest absolute Gasteiger partial charge is 0.369 e. The first kappa shape index (κ1) is 20.0. The molecule has 3 N–H and O–H groups in total. The van der Waals surface area contributed by atoms with E-state index in [1.165, 1.54) is 70.2 Å². The summed E-state index contributed by atoms with van der Waals surface area (Å²) in [7, 11) is 0. The second-order valence-electron chi connectivity index (χ2n) is 9.40. The summed E-state index contributed by atoms with van der Waals surface area (Å²) < 4.78 is 0. The Labute approximate surface area is 180 Å². The molecule has 5 rings (SSSR count). The van der Waals surface area contributed by atoms with E-state index in [-0.39, 0.29) is 0 Å². The van der Waals surface area contributed by atoms with Gasteiger partial charge in [-0.05, 0) is 70.7 Å². The number of hydrogen-bond acceptors (Lipinski definition) is 5. The van der Waals surface area contributed by atoms with Gasteiger partial charge in [0.25, 0.3) is 0 Å². The van der Waals surface area contributed by atoms with E-state index in [1.54, 1.807) is 0 Å². The number of rotatable bonds is 8. The molecule has 0 aromatic carbocycles. The number of nitrogens with zero attached hydrogens (tertiary/aromatic N) is 3. The maximum absolute atomic E-state index is 4.78. The molecule has 6 nitrogen and oxygen atoms in total. The number of aromatic amines is 1. The third-order valence-electron chi connectivity index (χ3n) is 7.13. The van der Waals surface area contributed by atoms with Gasteiger partial charge < -0.3 is 20.5 Å². The predicted molar refractivity (Wildman–Crippen MR) is 122 cm³/mol. The average molecular weight is 409 g/mol. The zero-order chi connectivity index (χ0) is 20.3. The standard InChI is InChI=1S/C24H36N6/c1-17-23(18-9-10-18)29-24(27-17)21-7-4-8-22(28-21)26-14-13-25-19-11-15-30(16-12-19)20-5-2-3-6-20/h4,7-8,18-20,25H,2-3,5-6,9-16H2,1H3,(H,26,28)(H,27,29). The highest BCUT2D eigenvalue weighted by Crippen LogP contribution is 2.41. The molecule has 2 saturated carbocycles. The van der Waals surface area contributed by atoms with Gasteiger partial charge in [0, 0.05) is 36.8 Å². The van der Waals surface area contributed by atoms with Crippen molar-refractivity contribution in [3.05, 3.63) is 29.6 Å². The normalized spacial score (nSPS) is 21.4. The SMILES string of the molecule is Cc1nc(-c2cccc(NCCNC3CCN(C4CCCC4)CC3)n2)[nH]c1C1CC1. The van der Waals surface area contributed by atoms with Crippen molar-refractivity contribution >= 4 is 5.82 Å². The van der Waals surface area contributed by atoms with Gasteiger partial charge in [-0.15, -0.1) is 0 Å². The van der Waals surface area contributed by atoms with Gasteiger partial charge in [-0.1, -0.05) is 18.9 Å². The van der Waals surface area contributed by atoms with Gasteiger partial charge in [0.15, 0.2) is 5.82 Å². The van der Waals surface area contributed by atoms with E-state index in [2.05, 4.69) is 33.5 Å². The monoisotopic (exact) mass is 408 g/mol. The van der Waals surface area contributed by atoms with Crippen LogP contribution in [0.3, 0.4) is 0 Å². The van der Waals surface area contributed by atoms with Gasteiger partial charge in [0.2, 0.25) is 0 Å². The zero-order valence-electron chi connectivity index (χ0n) is 18.3. The second-order valence-corrected chi connectivity index (χ2v) is 9.40. The van der Waals surface area contributed by atoms with E-state index in [9.17, 15) is 0 Å². The van der Waals surface area contributed by atoms with Crippen LogP contribution >= 0.6 is 0 Å². The number of nitrogens with one attached hydrogen (secondary N) is 3. The molecule has 162 valence electrons. The molecule has 2 aromatic rings. The van der Waals surface area contributed by atoms with Crippen molar-refractivity contribution in [1.82, 2.24) is 25.2 Å². The zero-order valence-corrected chi connectivity index (χ0v) is 18.3. The fourth-order valence-corrected chi connectivity index (χ4v) is 5.23. The van der Waals surface area contributed by atoms with Crippen molar-refractivity contribution in [2.75, 3.05) is 31.5 Å². The number of anilines is 1. The van der Waals surface area contributed by atoms with E-state index in [4.69, 9.17) is 9.97 Å². The van der Waals surface area contributed by atoms with Crippen LogP contribution in [0, 0.1) is 6.92 Å². The lowest BCUT2D eigenvalue weighted by Crippen LogP contribution is -2.46. The molecule has 3 heterocycles. The van der Waals surface area contributed by atoms with E-state index in [1.807, 2.05) is 12.1 Å². The molecule has 1 aliphatic heterocycles. The quantitative estimate of drug-likeness (QED) is 0.575. The molecule has 0 bridgehead atoms. The number of likely N-dealkylation sites (tertiary alicyclic amines) is 1. The summed E-state index contributed by atoms with van der Waals surface area (Å²) in [6.45, 7) is 6.50. The Morgan fingerprint density at radius 2 is 1.80 bits per heavy atom. The number of pyridine rings is 1. The summed E-state index contributed by atoms with van der Waals surface area (Å²) in [6.07, 6.45) is 10.8. The summed E-state index contributed by atoms with van der Waals surface area (Å²) >= 11 is 0. The Hall–Kier alpha value is -1.92. The van der Waals surface area contributed by atoms with Crippen molar-refractivity contribution in [2.45, 2.75) is 76.3 Å². The number of H-pyrrole nitrogens is 1. The molecule has 0 atom stereocenters. The van der Waals surface area contributed by atoms with E-state index >= 15 is 0 Å². The summed E-state index contributed by atoms with van der Waals surface area (Å²) in [6, 6.07) is 7.68. The molecule has 0 amide bonds. The van der Waals surface area contributed by atoms with Gasteiger partial charge in [-0.2, -0.15) is 0 Å². The Kier molecular flexibility index (Phi) is 6.05. The van der Waals surface area contributed by atoms with Crippen LogP contribution in [-0.4, -0.2) is 58.1 Å². The highest BCUT2D eigenvalue weighted by Gasteiger charge is 2.28. The van der Waals surface area contributed by atoms with Gasteiger partial charge in [-0.3, -0.25) is 0 Å². The minimum absolute atomic E-state index is 0.663. The number of hydrogen-bond donors (Lipinski definition) is 3. The fourth-order valence-electron chi connectivity index (χ4n) is 5.23. The molecule has 2 aliphatic carbocycles. The summed E-state index contributed by atoms with van der Waals surface area (Å²) in [5.74, 6) is 2.50. The lowest BCUT2D eigenvalue weighted by Gasteiger charge is -2.36. The van der Waals surface area contributed by atoms with Crippen LogP contribution in [0.4, 0.5) is 5.82 Å². The Balaban J connectivity index is 1.07. The smallest absolute Gasteiger partial charge is 0.156 e. The van der Waals surface area contributed by atoms with Crippen LogP contribution in [0.2, 0.25) is 0 Å². The van der Waals surface area contributed by atoms with Crippen LogP contribution in [0.25, 0.3) is 11.5 Å². The molecule has 3 fully saturated rings. The van der Waals surface area contributed by atoms with Crippen molar-refractivity contribution < 1.29 is 0 Å². The molecule has 3 aliphatic rings. The van der Waals surface area contributed by atoms with Crippen LogP contribution in [0.5, 0.6) is 0 Å². The summed E-state index contributed by atoms with van der Waals surface area (Å²) in [4.78, 5) is 15.7. The topological polar surface area (TPSA) is 68.9 Å².